The van der Waals surface area contributed by atoms with Gasteiger partial charge in [0.05, 0.1) is 0 Å². The first kappa shape index (κ1) is 13.7. The minimum absolute atomic E-state index is 0.0412. The molecule has 1 rings (SSSR count). The summed E-state index contributed by atoms with van der Waals surface area (Å²) in [7, 11) is 0. The molecule has 0 saturated carbocycles. The number of nitrogens with one attached hydrogen (secondary N) is 2. The molecular weight excluding hydrogens is 212 g/mol. The van der Waals surface area contributed by atoms with E-state index >= 15 is 0 Å². The largest absolute Gasteiger partial charge is 0.290 e. The Morgan fingerprint density at radius 2 is 1.76 bits per heavy atom. The Labute approximate surface area is 103 Å². The van der Waals surface area contributed by atoms with E-state index in [0.29, 0.717) is 5.56 Å². The minimum Gasteiger partial charge on any atom is -0.290 e. The molecule has 1 aromatic rings. The smallest absolute Gasteiger partial charge is 0.149 e. The Morgan fingerprint density at radius 3 is 2.35 bits per heavy atom. The van der Waals surface area contributed by atoms with E-state index in [1.165, 1.54) is 37.7 Å². The van der Waals surface area contributed by atoms with Gasteiger partial charge in [-0.1, -0.05) is 56.9 Å². The molecule has 0 bridgehead atoms. The molecule has 3 heteroatoms. The zero-order valence-corrected chi connectivity index (χ0v) is 10.5. The van der Waals surface area contributed by atoms with Crippen LogP contribution in [0.1, 0.15) is 50.2 Å². The Bertz CT molecular complexity index is 333. The fourth-order valence-corrected chi connectivity index (χ4v) is 1.84. The predicted molar refractivity (Wildman–Crippen MR) is 70.7 cm³/mol. The van der Waals surface area contributed by atoms with Crippen LogP contribution >= 0.6 is 0 Å². The highest BCUT2D eigenvalue weighted by molar-refractivity contribution is 5.95. The fraction of sp³-hybridized carbons (Fsp3) is 0.500. The number of amidine groups is 1. The number of unbranched alkanes of at least 4 members (excludes halogenated alkanes) is 4. The van der Waals surface area contributed by atoms with Gasteiger partial charge in [-0.2, -0.15) is 0 Å². The average Bonchev–Trinajstić information content (AvgIpc) is 2.38. The van der Waals surface area contributed by atoms with Crippen LogP contribution in [0.15, 0.2) is 24.3 Å². The number of hydroxylamine groups is 1. The zero-order valence-electron chi connectivity index (χ0n) is 10.5. The lowest BCUT2D eigenvalue weighted by Gasteiger charge is -2.04. The molecule has 0 unspecified atom stereocenters. The normalized spacial score (nSPS) is 10.2. The molecule has 0 aliphatic carbocycles. The monoisotopic (exact) mass is 234 g/mol. The van der Waals surface area contributed by atoms with E-state index in [1.54, 1.807) is 0 Å². The number of rotatable bonds is 7. The highest BCUT2D eigenvalue weighted by Crippen LogP contribution is 2.10. The molecule has 0 aliphatic rings. The molecule has 0 aliphatic heterocycles. The second-order valence-corrected chi connectivity index (χ2v) is 4.35. The molecule has 0 saturated heterocycles. The van der Waals surface area contributed by atoms with Gasteiger partial charge in [-0.3, -0.25) is 16.1 Å². The van der Waals surface area contributed by atoms with Crippen molar-refractivity contribution in [3.63, 3.8) is 0 Å². The molecule has 0 heterocycles. The van der Waals surface area contributed by atoms with Gasteiger partial charge in [-0.25, -0.2) is 0 Å². The lowest BCUT2D eigenvalue weighted by molar-refractivity contribution is 0.234. The first-order chi connectivity index (χ1) is 8.27. The van der Waals surface area contributed by atoms with Crippen LogP contribution in [0.4, 0.5) is 0 Å². The molecule has 0 spiro atoms. The van der Waals surface area contributed by atoms with Crippen LogP contribution in [-0.2, 0) is 6.42 Å². The SMILES string of the molecule is CCCCCCCc1ccc(C(=N)NO)cc1. The minimum atomic E-state index is 0.0412. The Morgan fingerprint density at radius 1 is 1.12 bits per heavy atom. The van der Waals surface area contributed by atoms with E-state index in [-0.39, 0.29) is 5.84 Å². The van der Waals surface area contributed by atoms with Gasteiger partial charge in [-0.15, -0.1) is 0 Å². The summed E-state index contributed by atoms with van der Waals surface area (Å²) in [6, 6.07) is 7.79. The zero-order chi connectivity index (χ0) is 12.5. The first-order valence-corrected chi connectivity index (χ1v) is 6.36. The lowest BCUT2D eigenvalue weighted by Crippen LogP contribution is -2.18. The van der Waals surface area contributed by atoms with Crippen molar-refractivity contribution in [3.8, 4) is 0 Å². The maximum atomic E-state index is 8.61. The van der Waals surface area contributed by atoms with Gasteiger partial charge < -0.3 is 0 Å². The van der Waals surface area contributed by atoms with Crippen LogP contribution in [0, 0.1) is 5.41 Å². The Hall–Kier alpha value is -1.35. The summed E-state index contributed by atoms with van der Waals surface area (Å²) < 4.78 is 0. The highest BCUT2D eigenvalue weighted by Gasteiger charge is 1.99. The van der Waals surface area contributed by atoms with Crippen molar-refractivity contribution in [3.05, 3.63) is 35.4 Å². The molecule has 0 fully saturated rings. The molecule has 0 amide bonds. The van der Waals surface area contributed by atoms with Crippen molar-refractivity contribution in [1.29, 1.82) is 5.41 Å². The van der Waals surface area contributed by atoms with Gasteiger partial charge in [0.1, 0.15) is 5.84 Å². The molecular formula is C14H22N2O. The third kappa shape index (κ3) is 5.00. The number of hydrogen-bond acceptors (Lipinski definition) is 2. The van der Waals surface area contributed by atoms with Crippen LogP contribution in [0.5, 0.6) is 0 Å². The van der Waals surface area contributed by atoms with Gasteiger partial charge >= 0.3 is 0 Å². The molecule has 17 heavy (non-hydrogen) atoms. The van der Waals surface area contributed by atoms with Crippen molar-refractivity contribution in [2.24, 2.45) is 0 Å². The maximum absolute atomic E-state index is 8.61. The van der Waals surface area contributed by atoms with Gasteiger partial charge in [-0.05, 0) is 18.4 Å². The molecule has 1 aromatic carbocycles. The average molecular weight is 234 g/mol. The van der Waals surface area contributed by atoms with Crippen LogP contribution in [-0.4, -0.2) is 11.0 Å². The third-order valence-corrected chi connectivity index (χ3v) is 2.92. The second kappa shape index (κ2) is 7.85. The molecule has 3 N–H and O–H groups in total. The molecule has 0 aromatic heterocycles. The molecule has 0 radical (unpaired) electrons. The summed E-state index contributed by atoms with van der Waals surface area (Å²) in [6.07, 6.45) is 7.57. The quantitative estimate of drug-likeness (QED) is 0.293. The van der Waals surface area contributed by atoms with Gasteiger partial charge in [0.15, 0.2) is 0 Å². The maximum Gasteiger partial charge on any atom is 0.149 e. The van der Waals surface area contributed by atoms with Crippen molar-refractivity contribution in [2.45, 2.75) is 45.4 Å². The fourth-order valence-electron chi connectivity index (χ4n) is 1.84. The van der Waals surface area contributed by atoms with E-state index in [4.69, 9.17) is 10.6 Å². The van der Waals surface area contributed by atoms with Crippen molar-refractivity contribution >= 4 is 5.84 Å². The first-order valence-electron chi connectivity index (χ1n) is 6.36. The van der Waals surface area contributed by atoms with E-state index in [0.717, 1.165) is 6.42 Å². The van der Waals surface area contributed by atoms with Crippen molar-refractivity contribution < 1.29 is 5.21 Å². The van der Waals surface area contributed by atoms with Crippen LogP contribution in [0.25, 0.3) is 0 Å². The summed E-state index contributed by atoms with van der Waals surface area (Å²) in [4.78, 5) is 0. The summed E-state index contributed by atoms with van der Waals surface area (Å²) in [5.41, 5.74) is 3.86. The number of hydrogen-bond donors (Lipinski definition) is 3. The standard InChI is InChI=1S/C14H22N2O/c1-2-3-4-5-6-7-12-8-10-13(11-9-12)14(15)16-17/h8-11,17H,2-7H2,1H3,(H2,15,16). The summed E-state index contributed by atoms with van der Waals surface area (Å²) >= 11 is 0. The van der Waals surface area contributed by atoms with Crippen LogP contribution in [0.3, 0.4) is 0 Å². The summed E-state index contributed by atoms with van der Waals surface area (Å²) in [5, 5.41) is 16.0. The number of aryl methyl sites for hydroxylation is 1. The Balaban J connectivity index is 2.33. The summed E-state index contributed by atoms with van der Waals surface area (Å²) in [5.74, 6) is 0.0412. The molecule has 3 nitrogen and oxygen atoms in total. The van der Waals surface area contributed by atoms with E-state index < -0.39 is 0 Å². The van der Waals surface area contributed by atoms with Gasteiger partial charge in [0, 0.05) is 5.56 Å². The van der Waals surface area contributed by atoms with E-state index in [9.17, 15) is 0 Å². The second-order valence-electron chi connectivity index (χ2n) is 4.35. The highest BCUT2D eigenvalue weighted by atomic mass is 16.5. The van der Waals surface area contributed by atoms with Crippen LogP contribution < -0.4 is 5.48 Å². The molecule has 94 valence electrons. The topological polar surface area (TPSA) is 56.1 Å². The van der Waals surface area contributed by atoms with Crippen LogP contribution in [0.2, 0.25) is 0 Å². The number of benzene rings is 1. The van der Waals surface area contributed by atoms with E-state index in [1.807, 2.05) is 29.7 Å². The van der Waals surface area contributed by atoms with Crippen molar-refractivity contribution in [2.75, 3.05) is 0 Å². The molecule has 0 atom stereocenters. The lowest BCUT2D eigenvalue weighted by atomic mass is 10.0. The predicted octanol–water partition coefficient (Wildman–Crippen LogP) is 3.50. The van der Waals surface area contributed by atoms with Gasteiger partial charge in [0.25, 0.3) is 0 Å². The van der Waals surface area contributed by atoms with E-state index in [2.05, 4.69) is 6.92 Å². The Kier molecular flexibility index (Phi) is 6.33. The van der Waals surface area contributed by atoms with Gasteiger partial charge in [0.2, 0.25) is 0 Å². The van der Waals surface area contributed by atoms with Crippen molar-refractivity contribution in [1.82, 2.24) is 5.48 Å². The third-order valence-electron chi connectivity index (χ3n) is 2.92. The summed E-state index contributed by atoms with van der Waals surface area (Å²) in [6.45, 7) is 2.23.